The van der Waals surface area contributed by atoms with Crippen molar-refractivity contribution < 1.29 is 9.47 Å². The molecule has 2 aromatic rings. The molecule has 6 nitrogen and oxygen atoms in total. The molecule has 2 N–H and O–H groups in total. The summed E-state index contributed by atoms with van der Waals surface area (Å²) < 4.78 is 10.6. The molecule has 0 bridgehead atoms. The fourth-order valence-corrected chi connectivity index (χ4v) is 1.50. The summed E-state index contributed by atoms with van der Waals surface area (Å²) >= 11 is 0. The van der Waals surface area contributed by atoms with Gasteiger partial charge in [0.05, 0.1) is 6.61 Å². The number of rotatable bonds is 7. The van der Waals surface area contributed by atoms with Gasteiger partial charge in [0.2, 0.25) is 5.95 Å². The van der Waals surface area contributed by atoms with Crippen molar-refractivity contribution in [1.29, 1.82) is 0 Å². The highest BCUT2D eigenvalue weighted by atomic mass is 16.5. The van der Waals surface area contributed by atoms with Crippen LogP contribution in [-0.2, 0) is 11.3 Å². The number of benzene rings is 1. The highest BCUT2D eigenvalue weighted by molar-refractivity contribution is 5.36. The molecule has 0 amide bonds. The Balaban J connectivity index is 1.94. The number of aromatic amines is 1. The Bertz CT molecular complexity index is 459. The predicted octanol–water partition coefficient (Wildman–Crippen LogP) is 1.44. The van der Waals surface area contributed by atoms with Gasteiger partial charge in [0.15, 0.2) is 0 Å². The minimum Gasteiger partial charge on any atom is -0.491 e. The van der Waals surface area contributed by atoms with E-state index in [9.17, 15) is 0 Å². The highest BCUT2D eigenvalue weighted by Gasteiger charge is 2.03. The topological polar surface area (TPSA) is 72.1 Å². The first-order valence-corrected chi connectivity index (χ1v) is 5.69. The molecule has 0 saturated heterocycles. The van der Waals surface area contributed by atoms with Crippen LogP contribution in [0.4, 0.5) is 5.95 Å². The second-order valence-corrected chi connectivity index (χ2v) is 3.64. The zero-order valence-electron chi connectivity index (χ0n) is 10.2. The SMILES string of the molecule is COCCOc1ccccc1CNc1ncn[nH]1. The largest absolute Gasteiger partial charge is 0.491 e. The molecule has 0 aliphatic carbocycles. The Hall–Kier alpha value is -2.08. The number of H-pyrrole nitrogens is 1. The normalized spacial score (nSPS) is 10.3. The summed E-state index contributed by atoms with van der Waals surface area (Å²) in [5, 5.41) is 9.65. The average molecular weight is 248 g/mol. The third-order valence-corrected chi connectivity index (χ3v) is 2.38. The summed E-state index contributed by atoms with van der Waals surface area (Å²) in [6, 6.07) is 7.86. The first kappa shape index (κ1) is 12.4. The quantitative estimate of drug-likeness (QED) is 0.725. The molecule has 0 unspecified atom stereocenters. The van der Waals surface area contributed by atoms with Crippen LogP contribution in [0.25, 0.3) is 0 Å². The molecule has 1 aromatic heterocycles. The van der Waals surface area contributed by atoms with Crippen molar-refractivity contribution in [2.75, 3.05) is 25.6 Å². The minimum atomic E-state index is 0.538. The molecule has 1 heterocycles. The van der Waals surface area contributed by atoms with Gasteiger partial charge in [0, 0.05) is 19.2 Å². The van der Waals surface area contributed by atoms with E-state index >= 15 is 0 Å². The lowest BCUT2D eigenvalue weighted by Crippen LogP contribution is -2.08. The predicted molar refractivity (Wildman–Crippen MR) is 67.5 cm³/mol. The van der Waals surface area contributed by atoms with Crippen molar-refractivity contribution in [3.05, 3.63) is 36.2 Å². The molecular weight excluding hydrogens is 232 g/mol. The average Bonchev–Trinajstić information content (AvgIpc) is 2.91. The Labute approximate surface area is 105 Å². The number of para-hydroxylation sites is 1. The van der Waals surface area contributed by atoms with E-state index in [4.69, 9.17) is 9.47 Å². The van der Waals surface area contributed by atoms with E-state index in [2.05, 4.69) is 20.5 Å². The summed E-state index contributed by atoms with van der Waals surface area (Å²) in [6.45, 7) is 1.73. The maximum Gasteiger partial charge on any atom is 0.218 e. The van der Waals surface area contributed by atoms with Crippen molar-refractivity contribution in [3.63, 3.8) is 0 Å². The number of aromatic nitrogens is 3. The molecular formula is C12H16N4O2. The maximum absolute atomic E-state index is 5.64. The fraction of sp³-hybridized carbons (Fsp3) is 0.333. The molecule has 1 aromatic carbocycles. The smallest absolute Gasteiger partial charge is 0.218 e. The highest BCUT2D eigenvalue weighted by Crippen LogP contribution is 2.18. The molecule has 6 heteroatoms. The third-order valence-electron chi connectivity index (χ3n) is 2.38. The first-order valence-electron chi connectivity index (χ1n) is 5.69. The maximum atomic E-state index is 5.64. The monoisotopic (exact) mass is 248 g/mol. The van der Waals surface area contributed by atoms with Crippen LogP contribution in [0.1, 0.15) is 5.56 Å². The Morgan fingerprint density at radius 1 is 1.28 bits per heavy atom. The molecule has 0 spiro atoms. The van der Waals surface area contributed by atoms with Gasteiger partial charge in [-0.25, -0.2) is 10.1 Å². The molecule has 18 heavy (non-hydrogen) atoms. The summed E-state index contributed by atoms with van der Waals surface area (Å²) in [6.07, 6.45) is 1.46. The molecule has 96 valence electrons. The van der Waals surface area contributed by atoms with Crippen molar-refractivity contribution in [3.8, 4) is 5.75 Å². The number of hydrogen-bond donors (Lipinski definition) is 2. The van der Waals surface area contributed by atoms with Crippen LogP contribution in [0, 0.1) is 0 Å². The van der Waals surface area contributed by atoms with E-state index in [0.29, 0.717) is 25.7 Å². The van der Waals surface area contributed by atoms with E-state index in [-0.39, 0.29) is 0 Å². The van der Waals surface area contributed by atoms with Gasteiger partial charge >= 0.3 is 0 Å². The molecule has 0 aliphatic rings. The van der Waals surface area contributed by atoms with Crippen LogP contribution in [0.5, 0.6) is 5.75 Å². The summed E-state index contributed by atoms with van der Waals surface area (Å²) in [5.41, 5.74) is 1.06. The zero-order chi connectivity index (χ0) is 12.6. The standard InChI is InChI=1S/C12H16N4O2/c1-17-6-7-18-11-5-3-2-4-10(11)8-13-12-14-9-15-16-12/h2-5,9H,6-8H2,1H3,(H2,13,14,15,16). The number of methoxy groups -OCH3 is 1. The summed E-state index contributed by atoms with van der Waals surface area (Å²) in [4.78, 5) is 4.00. The number of hydrogen-bond acceptors (Lipinski definition) is 5. The third kappa shape index (κ3) is 3.46. The van der Waals surface area contributed by atoms with E-state index < -0.39 is 0 Å². The van der Waals surface area contributed by atoms with Gasteiger partial charge in [-0.15, -0.1) is 0 Å². The van der Waals surface area contributed by atoms with Gasteiger partial charge in [0.25, 0.3) is 0 Å². The van der Waals surface area contributed by atoms with Crippen molar-refractivity contribution >= 4 is 5.95 Å². The van der Waals surface area contributed by atoms with Crippen LogP contribution in [0.2, 0.25) is 0 Å². The van der Waals surface area contributed by atoms with Crippen LogP contribution < -0.4 is 10.1 Å². The first-order chi connectivity index (χ1) is 8.90. The van der Waals surface area contributed by atoms with Gasteiger partial charge in [-0.3, -0.25) is 0 Å². The Morgan fingerprint density at radius 3 is 2.94 bits per heavy atom. The number of ether oxygens (including phenoxy) is 2. The van der Waals surface area contributed by atoms with Gasteiger partial charge in [-0.2, -0.15) is 5.10 Å². The summed E-state index contributed by atoms with van der Waals surface area (Å²) in [7, 11) is 1.65. The summed E-state index contributed by atoms with van der Waals surface area (Å²) in [5.74, 6) is 1.49. The van der Waals surface area contributed by atoms with Crippen molar-refractivity contribution in [2.45, 2.75) is 6.54 Å². The van der Waals surface area contributed by atoms with Crippen molar-refractivity contribution in [1.82, 2.24) is 15.2 Å². The number of anilines is 1. The van der Waals surface area contributed by atoms with Crippen LogP contribution in [0.3, 0.4) is 0 Å². The Kier molecular flexibility index (Phi) is 4.54. The van der Waals surface area contributed by atoms with Gasteiger partial charge < -0.3 is 14.8 Å². The molecule has 2 rings (SSSR count). The molecule has 0 atom stereocenters. The van der Waals surface area contributed by atoms with Crippen LogP contribution in [0.15, 0.2) is 30.6 Å². The van der Waals surface area contributed by atoms with Gasteiger partial charge in [0.1, 0.15) is 18.7 Å². The lowest BCUT2D eigenvalue weighted by atomic mass is 10.2. The molecule has 0 fully saturated rings. The van der Waals surface area contributed by atoms with E-state index in [1.165, 1.54) is 6.33 Å². The number of nitrogens with zero attached hydrogens (tertiary/aromatic N) is 2. The van der Waals surface area contributed by atoms with E-state index in [0.717, 1.165) is 11.3 Å². The van der Waals surface area contributed by atoms with Gasteiger partial charge in [-0.1, -0.05) is 18.2 Å². The van der Waals surface area contributed by atoms with Gasteiger partial charge in [-0.05, 0) is 6.07 Å². The van der Waals surface area contributed by atoms with Crippen LogP contribution >= 0.6 is 0 Å². The van der Waals surface area contributed by atoms with Crippen molar-refractivity contribution in [2.24, 2.45) is 0 Å². The molecule has 0 radical (unpaired) electrons. The zero-order valence-corrected chi connectivity index (χ0v) is 10.2. The molecule has 0 saturated carbocycles. The fourth-order valence-electron chi connectivity index (χ4n) is 1.50. The Morgan fingerprint density at radius 2 is 2.17 bits per heavy atom. The minimum absolute atomic E-state index is 0.538. The number of nitrogens with one attached hydrogen (secondary N) is 2. The lowest BCUT2D eigenvalue weighted by Gasteiger charge is -2.11. The second kappa shape index (κ2) is 6.61. The van der Waals surface area contributed by atoms with E-state index in [1.54, 1.807) is 7.11 Å². The second-order valence-electron chi connectivity index (χ2n) is 3.64. The molecule has 0 aliphatic heterocycles. The van der Waals surface area contributed by atoms with Crippen LogP contribution in [-0.4, -0.2) is 35.5 Å². The van der Waals surface area contributed by atoms with E-state index in [1.807, 2.05) is 24.3 Å². The lowest BCUT2D eigenvalue weighted by molar-refractivity contribution is 0.146.